The van der Waals surface area contributed by atoms with E-state index in [0.29, 0.717) is 12.2 Å². The molecule has 0 radical (unpaired) electrons. The van der Waals surface area contributed by atoms with Crippen molar-refractivity contribution in [3.63, 3.8) is 0 Å². The summed E-state index contributed by atoms with van der Waals surface area (Å²) in [4.78, 5) is 16.0. The van der Waals surface area contributed by atoms with Gasteiger partial charge in [0.25, 0.3) is 0 Å². The summed E-state index contributed by atoms with van der Waals surface area (Å²) in [5.74, 6) is 0.418. The van der Waals surface area contributed by atoms with Crippen LogP contribution in [0.3, 0.4) is 0 Å². The van der Waals surface area contributed by atoms with Crippen molar-refractivity contribution in [1.29, 1.82) is 0 Å². The summed E-state index contributed by atoms with van der Waals surface area (Å²) in [5, 5.41) is 3.50. The lowest BCUT2D eigenvalue weighted by molar-refractivity contribution is -0.118. The van der Waals surface area contributed by atoms with Crippen LogP contribution in [0.2, 0.25) is 0 Å². The van der Waals surface area contributed by atoms with Crippen molar-refractivity contribution in [2.45, 2.75) is 143 Å². The molecular formula is C27H52N2O. The van der Waals surface area contributed by atoms with Gasteiger partial charge in [-0.25, -0.2) is 0 Å². The van der Waals surface area contributed by atoms with Gasteiger partial charge in [-0.05, 0) is 32.1 Å². The van der Waals surface area contributed by atoms with E-state index in [-0.39, 0.29) is 0 Å². The molecular weight excluding hydrogens is 368 g/mol. The smallest absolute Gasteiger partial charge is 0.132 e. The van der Waals surface area contributed by atoms with Crippen LogP contribution in [0.1, 0.15) is 143 Å². The largest absolute Gasteiger partial charge is 0.389 e. The van der Waals surface area contributed by atoms with E-state index in [1.165, 1.54) is 89.2 Å². The Labute approximate surface area is 188 Å². The Kier molecular flexibility index (Phi) is 23.3. The Morgan fingerprint density at radius 1 is 0.700 bits per heavy atom. The Morgan fingerprint density at radius 3 is 1.87 bits per heavy atom. The number of aliphatic imine (C=N–C) groups is 1. The first kappa shape index (κ1) is 28.9. The van der Waals surface area contributed by atoms with E-state index < -0.39 is 0 Å². The van der Waals surface area contributed by atoms with Gasteiger partial charge >= 0.3 is 0 Å². The van der Waals surface area contributed by atoms with E-state index in [1.807, 2.05) is 6.92 Å². The van der Waals surface area contributed by atoms with Crippen LogP contribution in [-0.2, 0) is 4.79 Å². The van der Waals surface area contributed by atoms with Crippen molar-refractivity contribution in [3.8, 4) is 0 Å². The Balaban J connectivity index is 3.80. The summed E-state index contributed by atoms with van der Waals surface area (Å²) in [7, 11) is 0. The van der Waals surface area contributed by atoms with Crippen LogP contribution in [0.25, 0.3) is 0 Å². The normalized spacial score (nSPS) is 12.0. The number of hydrogen-bond donors (Lipinski definition) is 1. The maximum Gasteiger partial charge on any atom is 0.132 e. The van der Waals surface area contributed by atoms with Crippen molar-refractivity contribution in [2.24, 2.45) is 4.99 Å². The first-order valence-electron chi connectivity index (χ1n) is 13.2. The SMILES string of the molecule is CCCC=N/C(=C\NCCCCCCCC)CCCCCCCCCCC(=O)CC. The fraction of sp³-hybridized carbons (Fsp3) is 0.852. The van der Waals surface area contributed by atoms with Gasteiger partial charge in [-0.3, -0.25) is 9.79 Å². The third kappa shape index (κ3) is 21.6. The minimum Gasteiger partial charge on any atom is -0.389 e. The van der Waals surface area contributed by atoms with E-state index in [1.54, 1.807) is 0 Å². The highest BCUT2D eigenvalue weighted by molar-refractivity contribution is 5.77. The van der Waals surface area contributed by atoms with Crippen LogP contribution in [0.15, 0.2) is 16.9 Å². The van der Waals surface area contributed by atoms with Crippen molar-refractivity contribution in [3.05, 3.63) is 11.9 Å². The lowest BCUT2D eigenvalue weighted by Gasteiger charge is -2.06. The molecule has 0 saturated heterocycles. The average molecular weight is 421 g/mol. The van der Waals surface area contributed by atoms with Gasteiger partial charge < -0.3 is 5.32 Å². The number of nitrogens with zero attached hydrogens (tertiary/aromatic N) is 1. The summed E-state index contributed by atoms with van der Waals surface area (Å²) in [5.41, 5.74) is 1.22. The maximum absolute atomic E-state index is 11.3. The van der Waals surface area contributed by atoms with Crippen molar-refractivity contribution >= 4 is 12.0 Å². The van der Waals surface area contributed by atoms with Crippen LogP contribution in [0.5, 0.6) is 0 Å². The molecule has 0 unspecified atom stereocenters. The second kappa shape index (κ2) is 24.2. The number of carbonyl (C=O) groups is 1. The number of hydrogen-bond acceptors (Lipinski definition) is 3. The molecule has 1 N–H and O–H groups in total. The average Bonchev–Trinajstić information content (AvgIpc) is 2.76. The van der Waals surface area contributed by atoms with Crippen LogP contribution in [-0.4, -0.2) is 18.5 Å². The van der Waals surface area contributed by atoms with Gasteiger partial charge in [0.05, 0.1) is 5.70 Å². The second-order valence-corrected chi connectivity index (χ2v) is 8.68. The van der Waals surface area contributed by atoms with Gasteiger partial charge in [0, 0.05) is 31.8 Å². The third-order valence-corrected chi connectivity index (χ3v) is 5.65. The predicted octanol–water partition coefficient (Wildman–Crippen LogP) is 8.53. The number of Topliss-reactive ketones (excluding diaryl/α,β-unsaturated/α-hetero) is 1. The van der Waals surface area contributed by atoms with E-state index >= 15 is 0 Å². The standard InChI is InChI=1S/C27H52N2O/c1-4-7-9-10-17-20-23-28-25-26(29-24-8-5-2)21-18-15-13-11-12-14-16-19-22-27(30)6-3/h24-25,28H,4-23H2,1-3H3/b26-25-,29-24?. The molecule has 3 heteroatoms. The predicted molar refractivity (Wildman–Crippen MR) is 134 cm³/mol. The summed E-state index contributed by atoms with van der Waals surface area (Å²) in [6.07, 6.45) is 27.2. The van der Waals surface area contributed by atoms with E-state index in [0.717, 1.165) is 38.6 Å². The minimum atomic E-state index is 0.418. The first-order valence-corrected chi connectivity index (χ1v) is 13.2. The van der Waals surface area contributed by atoms with Gasteiger partial charge in [0.2, 0.25) is 0 Å². The molecule has 0 rings (SSSR count). The number of nitrogens with one attached hydrogen (secondary N) is 1. The molecule has 0 spiro atoms. The molecule has 0 aromatic carbocycles. The molecule has 30 heavy (non-hydrogen) atoms. The van der Waals surface area contributed by atoms with E-state index in [4.69, 9.17) is 4.99 Å². The highest BCUT2D eigenvalue weighted by atomic mass is 16.1. The quantitative estimate of drug-likeness (QED) is 0.133. The minimum absolute atomic E-state index is 0.418. The Bertz CT molecular complexity index is 429. The van der Waals surface area contributed by atoms with Crippen molar-refractivity contribution in [2.75, 3.05) is 6.54 Å². The molecule has 3 nitrogen and oxygen atoms in total. The molecule has 0 aromatic rings. The molecule has 0 bridgehead atoms. The highest BCUT2D eigenvalue weighted by Crippen LogP contribution is 2.14. The molecule has 0 fully saturated rings. The van der Waals surface area contributed by atoms with Crippen molar-refractivity contribution < 1.29 is 4.79 Å². The van der Waals surface area contributed by atoms with Crippen LogP contribution in [0, 0.1) is 0 Å². The summed E-state index contributed by atoms with van der Waals surface area (Å²) in [6.45, 7) is 7.51. The van der Waals surface area contributed by atoms with Gasteiger partial charge in [0.1, 0.15) is 5.78 Å². The number of carbonyl (C=O) groups excluding carboxylic acids is 1. The monoisotopic (exact) mass is 420 g/mol. The molecule has 0 atom stereocenters. The second-order valence-electron chi connectivity index (χ2n) is 8.68. The lowest BCUT2D eigenvalue weighted by atomic mass is 10.0. The van der Waals surface area contributed by atoms with Crippen LogP contribution >= 0.6 is 0 Å². The summed E-state index contributed by atoms with van der Waals surface area (Å²) < 4.78 is 0. The zero-order valence-electron chi connectivity index (χ0n) is 20.7. The van der Waals surface area contributed by atoms with Gasteiger partial charge in [-0.15, -0.1) is 0 Å². The fourth-order valence-corrected chi connectivity index (χ4v) is 3.55. The van der Waals surface area contributed by atoms with E-state index in [2.05, 4.69) is 31.6 Å². The first-order chi connectivity index (χ1) is 14.7. The fourth-order valence-electron chi connectivity index (χ4n) is 3.55. The highest BCUT2D eigenvalue weighted by Gasteiger charge is 1.99. The Morgan fingerprint density at radius 2 is 1.27 bits per heavy atom. The topological polar surface area (TPSA) is 41.5 Å². The zero-order chi connectivity index (χ0) is 22.1. The maximum atomic E-state index is 11.3. The molecule has 0 aliphatic rings. The van der Waals surface area contributed by atoms with Gasteiger partial charge in [0.15, 0.2) is 0 Å². The summed E-state index contributed by atoms with van der Waals surface area (Å²) >= 11 is 0. The van der Waals surface area contributed by atoms with Crippen LogP contribution in [0.4, 0.5) is 0 Å². The number of unbranched alkanes of at least 4 members (excludes halogenated alkanes) is 13. The lowest BCUT2D eigenvalue weighted by Crippen LogP contribution is -2.08. The van der Waals surface area contributed by atoms with Gasteiger partial charge in [-0.2, -0.15) is 0 Å². The Hall–Kier alpha value is -1.12. The number of rotatable bonds is 23. The van der Waals surface area contributed by atoms with Crippen LogP contribution < -0.4 is 5.32 Å². The van der Waals surface area contributed by atoms with E-state index in [9.17, 15) is 4.79 Å². The molecule has 0 aliphatic carbocycles. The third-order valence-electron chi connectivity index (χ3n) is 5.65. The molecule has 176 valence electrons. The number of allylic oxidation sites excluding steroid dienone is 1. The molecule has 0 heterocycles. The molecule has 0 saturated carbocycles. The van der Waals surface area contributed by atoms with Gasteiger partial charge in [-0.1, -0.05) is 97.8 Å². The molecule has 0 aromatic heterocycles. The summed E-state index contributed by atoms with van der Waals surface area (Å²) in [6, 6.07) is 0. The molecule has 0 aliphatic heterocycles. The van der Waals surface area contributed by atoms with Crippen molar-refractivity contribution in [1.82, 2.24) is 5.32 Å². The molecule has 0 amide bonds. The zero-order valence-corrected chi connectivity index (χ0v) is 20.7. The number of ketones is 1.